The van der Waals surface area contributed by atoms with E-state index in [1.165, 1.54) is 12.8 Å². The lowest BCUT2D eigenvalue weighted by molar-refractivity contribution is 0.0339. The van der Waals surface area contributed by atoms with E-state index in [1.807, 2.05) is 18.2 Å². The highest BCUT2D eigenvalue weighted by Gasteiger charge is 2.25. The number of hydrogen-bond acceptors (Lipinski definition) is 4. The maximum Gasteiger partial charge on any atom is 0.136 e. The number of hydrogen-bond donors (Lipinski definition) is 2. The van der Waals surface area contributed by atoms with E-state index in [-0.39, 0.29) is 0 Å². The minimum atomic E-state index is -1.02. The van der Waals surface area contributed by atoms with Crippen LogP contribution < -0.4 is 10.1 Å². The topological polar surface area (TPSA) is 54.6 Å². The van der Waals surface area contributed by atoms with Crippen LogP contribution in [0.4, 0.5) is 0 Å². The Kier molecular flexibility index (Phi) is 5.03. The molecule has 1 aliphatic carbocycles. The van der Waals surface area contributed by atoms with Gasteiger partial charge >= 0.3 is 0 Å². The molecule has 0 saturated heterocycles. The lowest BCUT2D eigenvalue weighted by atomic mass is 10.0. The first-order chi connectivity index (χ1) is 11.1. The molecule has 0 bridgehead atoms. The van der Waals surface area contributed by atoms with Crippen molar-refractivity contribution in [3.05, 3.63) is 54.0 Å². The van der Waals surface area contributed by atoms with E-state index >= 15 is 0 Å². The highest BCUT2D eigenvalue weighted by molar-refractivity contribution is 5.33. The summed E-state index contributed by atoms with van der Waals surface area (Å²) in [5.41, 5.74) is 0.0970. The second kappa shape index (κ2) is 7.20. The number of ether oxygens (including phenoxy) is 1. The van der Waals surface area contributed by atoms with Crippen LogP contribution in [0.2, 0.25) is 0 Å². The van der Waals surface area contributed by atoms with E-state index in [0.717, 1.165) is 24.2 Å². The molecule has 23 heavy (non-hydrogen) atoms. The summed E-state index contributed by atoms with van der Waals surface area (Å²) in [5.74, 6) is 1.52. The van der Waals surface area contributed by atoms with Crippen molar-refractivity contribution >= 4 is 0 Å². The molecule has 2 aromatic rings. The van der Waals surface area contributed by atoms with Crippen molar-refractivity contribution < 1.29 is 14.3 Å². The van der Waals surface area contributed by atoms with Gasteiger partial charge in [0.05, 0.1) is 12.4 Å². The van der Waals surface area contributed by atoms with Crippen LogP contribution in [0.25, 0.3) is 0 Å². The lowest BCUT2D eigenvalue weighted by Gasteiger charge is -2.22. The van der Waals surface area contributed by atoms with Gasteiger partial charge in [0.1, 0.15) is 17.1 Å². The quantitative estimate of drug-likeness (QED) is 0.820. The highest BCUT2D eigenvalue weighted by Crippen LogP contribution is 2.27. The van der Waals surface area contributed by atoms with Gasteiger partial charge in [-0.1, -0.05) is 18.2 Å². The van der Waals surface area contributed by atoms with E-state index in [9.17, 15) is 5.11 Å². The molecule has 1 heterocycles. The van der Waals surface area contributed by atoms with Crippen LogP contribution in [0.5, 0.6) is 5.75 Å². The average Bonchev–Trinajstić information content (AvgIpc) is 3.22. The molecule has 1 aromatic carbocycles. The molecule has 3 rings (SSSR count). The van der Waals surface area contributed by atoms with Gasteiger partial charge in [-0.05, 0) is 50.8 Å². The van der Waals surface area contributed by atoms with Crippen molar-refractivity contribution in [2.24, 2.45) is 0 Å². The molecule has 0 spiro atoms. The van der Waals surface area contributed by atoms with E-state index < -0.39 is 5.60 Å². The zero-order valence-corrected chi connectivity index (χ0v) is 13.6. The van der Waals surface area contributed by atoms with E-state index in [4.69, 9.17) is 9.15 Å². The lowest BCUT2D eigenvalue weighted by Crippen LogP contribution is -2.34. The highest BCUT2D eigenvalue weighted by atomic mass is 16.5. The minimum Gasteiger partial charge on any atom is -0.490 e. The fourth-order valence-corrected chi connectivity index (χ4v) is 3.06. The fraction of sp³-hybridized carbons (Fsp3) is 0.474. The molecule has 1 saturated carbocycles. The second-order valence-electron chi connectivity index (χ2n) is 6.49. The van der Waals surface area contributed by atoms with Gasteiger partial charge in [0.2, 0.25) is 0 Å². The number of furan rings is 1. The summed E-state index contributed by atoms with van der Waals surface area (Å²) in [6.07, 6.45) is 6.74. The summed E-state index contributed by atoms with van der Waals surface area (Å²) in [6, 6.07) is 11.7. The number of benzene rings is 1. The summed E-state index contributed by atoms with van der Waals surface area (Å²) in [6.45, 7) is 2.82. The molecule has 1 atom stereocenters. The number of rotatable bonds is 7. The molecule has 1 fully saturated rings. The van der Waals surface area contributed by atoms with E-state index in [0.29, 0.717) is 25.0 Å². The zero-order chi connectivity index (χ0) is 16.1. The fourth-order valence-electron chi connectivity index (χ4n) is 3.06. The van der Waals surface area contributed by atoms with Crippen molar-refractivity contribution in [2.75, 3.05) is 6.54 Å². The Balaban J connectivity index is 1.57. The van der Waals surface area contributed by atoms with Gasteiger partial charge < -0.3 is 19.6 Å². The summed E-state index contributed by atoms with van der Waals surface area (Å²) in [4.78, 5) is 0. The Morgan fingerprint density at radius 3 is 2.74 bits per heavy atom. The monoisotopic (exact) mass is 315 g/mol. The number of nitrogens with one attached hydrogen (secondary N) is 1. The molecule has 1 aliphatic rings. The molecule has 1 aromatic heterocycles. The Morgan fingerprint density at radius 1 is 1.22 bits per heavy atom. The molecule has 0 aliphatic heterocycles. The van der Waals surface area contributed by atoms with Crippen molar-refractivity contribution in [3.63, 3.8) is 0 Å². The average molecular weight is 315 g/mol. The third-order valence-electron chi connectivity index (χ3n) is 4.41. The molecular formula is C19H25NO3. The molecular weight excluding hydrogens is 290 g/mol. The van der Waals surface area contributed by atoms with Crippen LogP contribution in [-0.4, -0.2) is 17.8 Å². The number of para-hydroxylation sites is 1. The van der Waals surface area contributed by atoms with Gasteiger partial charge in [-0.15, -0.1) is 0 Å². The van der Waals surface area contributed by atoms with Gasteiger partial charge in [0.25, 0.3) is 0 Å². The minimum absolute atomic E-state index is 0.349. The Bertz CT molecular complexity index is 601. The van der Waals surface area contributed by atoms with Gasteiger partial charge in [-0.25, -0.2) is 0 Å². The van der Waals surface area contributed by atoms with Crippen molar-refractivity contribution in [1.29, 1.82) is 0 Å². The smallest absolute Gasteiger partial charge is 0.136 e. The first-order valence-electron chi connectivity index (χ1n) is 8.37. The molecule has 4 nitrogen and oxygen atoms in total. The third-order valence-corrected chi connectivity index (χ3v) is 4.41. The Morgan fingerprint density at radius 2 is 2.00 bits per heavy atom. The maximum atomic E-state index is 10.5. The summed E-state index contributed by atoms with van der Waals surface area (Å²) in [5, 5.41) is 13.8. The predicted octanol–water partition coefficient (Wildman–Crippen LogP) is 3.60. The van der Waals surface area contributed by atoms with Gasteiger partial charge in [0, 0.05) is 18.7 Å². The Labute approximate surface area is 137 Å². The largest absolute Gasteiger partial charge is 0.490 e. The molecule has 124 valence electrons. The van der Waals surface area contributed by atoms with Gasteiger partial charge in [-0.3, -0.25) is 0 Å². The normalized spacial score (nSPS) is 18.0. The van der Waals surface area contributed by atoms with Crippen LogP contribution >= 0.6 is 0 Å². The predicted molar refractivity (Wildman–Crippen MR) is 89.3 cm³/mol. The SMILES string of the molecule is CC(O)(CNCc1ccccc1OC1CCCC1)c1ccco1. The van der Waals surface area contributed by atoms with Crippen molar-refractivity contribution in [1.82, 2.24) is 5.32 Å². The van der Waals surface area contributed by atoms with Crippen LogP contribution in [-0.2, 0) is 12.1 Å². The van der Waals surface area contributed by atoms with Crippen molar-refractivity contribution in [2.45, 2.75) is 50.9 Å². The van der Waals surface area contributed by atoms with Crippen LogP contribution in [0.15, 0.2) is 47.1 Å². The second-order valence-corrected chi connectivity index (χ2v) is 6.49. The van der Waals surface area contributed by atoms with E-state index in [1.54, 1.807) is 25.3 Å². The van der Waals surface area contributed by atoms with E-state index in [2.05, 4.69) is 11.4 Å². The molecule has 0 amide bonds. The van der Waals surface area contributed by atoms with Gasteiger partial charge in [-0.2, -0.15) is 0 Å². The summed E-state index contributed by atoms with van der Waals surface area (Å²) >= 11 is 0. The van der Waals surface area contributed by atoms with Gasteiger partial charge in [0.15, 0.2) is 0 Å². The number of aliphatic hydroxyl groups is 1. The molecule has 0 radical (unpaired) electrons. The maximum absolute atomic E-state index is 10.5. The third kappa shape index (κ3) is 4.15. The Hall–Kier alpha value is -1.78. The van der Waals surface area contributed by atoms with Crippen LogP contribution in [0.3, 0.4) is 0 Å². The first kappa shape index (κ1) is 16.1. The molecule has 1 unspecified atom stereocenters. The first-order valence-corrected chi connectivity index (χ1v) is 8.37. The van der Waals surface area contributed by atoms with Crippen LogP contribution in [0.1, 0.15) is 43.9 Å². The molecule has 2 N–H and O–H groups in total. The molecule has 4 heteroatoms. The zero-order valence-electron chi connectivity index (χ0n) is 13.6. The standard InChI is InChI=1S/C19H25NO3/c1-19(21,18-11-6-12-22-18)14-20-13-15-7-2-5-10-17(15)23-16-8-3-4-9-16/h2,5-7,10-12,16,20-21H,3-4,8-9,13-14H2,1H3. The summed E-state index contributed by atoms with van der Waals surface area (Å²) < 4.78 is 11.4. The summed E-state index contributed by atoms with van der Waals surface area (Å²) in [7, 11) is 0. The van der Waals surface area contributed by atoms with Crippen molar-refractivity contribution in [3.8, 4) is 5.75 Å². The van der Waals surface area contributed by atoms with Crippen LogP contribution in [0, 0.1) is 0 Å².